The molecule has 5 heteroatoms. The molecule has 2 rings (SSSR count). The standard InChI is InChI=1S/C19H25NO4/c1-5-19(12-10-15(11-13-19)18(2,3)4)24-17(21)14-6-8-16(9-7-14)20(22)23/h5-9,15H,1,10-13H2,2-4H3. The fraction of sp³-hybridized carbons (Fsp3) is 0.526. The molecule has 1 saturated carbocycles. The molecule has 0 spiro atoms. The third kappa shape index (κ3) is 4.02. The van der Waals surface area contributed by atoms with Gasteiger partial charge < -0.3 is 4.74 Å². The lowest BCUT2D eigenvalue weighted by atomic mass is 9.68. The van der Waals surface area contributed by atoms with Crippen LogP contribution in [0.25, 0.3) is 0 Å². The lowest BCUT2D eigenvalue weighted by Crippen LogP contribution is -2.39. The number of ether oxygens (including phenoxy) is 1. The fourth-order valence-electron chi connectivity index (χ4n) is 3.28. The van der Waals surface area contributed by atoms with Gasteiger partial charge in [-0.05, 0) is 55.2 Å². The number of carbonyl (C=O) groups is 1. The minimum Gasteiger partial charge on any atom is -0.451 e. The largest absolute Gasteiger partial charge is 0.451 e. The SMILES string of the molecule is C=CC1(OC(=O)c2ccc([N+](=O)[O-])cc2)CCC(C(C)(C)C)CC1. The summed E-state index contributed by atoms with van der Waals surface area (Å²) in [6, 6.07) is 5.48. The van der Waals surface area contributed by atoms with E-state index in [1.165, 1.54) is 24.3 Å². The van der Waals surface area contributed by atoms with Gasteiger partial charge in [-0.25, -0.2) is 4.79 Å². The average molecular weight is 331 g/mol. The van der Waals surface area contributed by atoms with E-state index in [4.69, 9.17) is 4.74 Å². The molecule has 1 aliphatic rings. The van der Waals surface area contributed by atoms with Crippen molar-refractivity contribution >= 4 is 11.7 Å². The zero-order valence-corrected chi connectivity index (χ0v) is 14.6. The van der Waals surface area contributed by atoms with Crippen LogP contribution in [0.1, 0.15) is 56.8 Å². The van der Waals surface area contributed by atoms with Crippen LogP contribution in [0.3, 0.4) is 0 Å². The summed E-state index contributed by atoms with van der Waals surface area (Å²) in [5.74, 6) is 0.141. The molecule has 24 heavy (non-hydrogen) atoms. The van der Waals surface area contributed by atoms with Crippen LogP contribution in [0.5, 0.6) is 0 Å². The van der Waals surface area contributed by atoms with Gasteiger partial charge in [-0.2, -0.15) is 0 Å². The summed E-state index contributed by atoms with van der Waals surface area (Å²) in [6.07, 6.45) is 5.23. The van der Waals surface area contributed by atoms with Crippen molar-refractivity contribution in [3.05, 3.63) is 52.6 Å². The highest BCUT2D eigenvalue weighted by Crippen LogP contribution is 2.43. The maximum Gasteiger partial charge on any atom is 0.338 e. The summed E-state index contributed by atoms with van der Waals surface area (Å²) in [4.78, 5) is 22.6. The number of non-ortho nitro benzene ring substituents is 1. The van der Waals surface area contributed by atoms with Gasteiger partial charge in [0.1, 0.15) is 5.60 Å². The van der Waals surface area contributed by atoms with Gasteiger partial charge >= 0.3 is 5.97 Å². The highest BCUT2D eigenvalue weighted by atomic mass is 16.6. The highest BCUT2D eigenvalue weighted by Gasteiger charge is 2.39. The van der Waals surface area contributed by atoms with Crippen LogP contribution in [0, 0.1) is 21.4 Å². The zero-order valence-electron chi connectivity index (χ0n) is 14.6. The second-order valence-electron chi connectivity index (χ2n) is 7.60. The number of rotatable bonds is 4. The molecule has 1 aromatic carbocycles. The third-order valence-corrected chi connectivity index (χ3v) is 5.04. The van der Waals surface area contributed by atoms with E-state index >= 15 is 0 Å². The van der Waals surface area contributed by atoms with Crippen LogP contribution in [-0.4, -0.2) is 16.5 Å². The van der Waals surface area contributed by atoms with Gasteiger partial charge in [-0.1, -0.05) is 27.4 Å². The van der Waals surface area contributed by atoms with Crippen molar-refractivity contribution in [2.75, 3.05) is 0 Å². The lowest BCUT2D eigenvalue weighted by Gasteiger charge is -2.42. The van der Waals surface area contributed by atoms with Gasteiger partial charge in [0, 0.05) is 12.1 Å². The summed E-state index contributed by atoms with van der Waals surface area (Å²) in [5.41, 5.74) is -0.119. The summed E-state index contributed by atoms with van der Waals surface area (Å²) in [5, 5.41) is 10.7. The Morgan fingerprint density at radius 1 is 1.29 bits per heavy atom. The van der Waals surface area contributed by atoms with Gasteiger partial charge in [-0.15, -0.1) is 0 Å². The molecular formula is C19H25NO4. The summed E-state index contributed by atoms with van der Waals surface area (Å²) >= 11 is 0. The zero-order chi connectivity index (χ0) is 18.0. The molecule has 0 atom stereocenters. The van der Waals surface area contributed by atoms with E-state index in [1.54, 1.807) is 6.08 Å². The first kappa shape index (κ1) is 18.2. The molecule has 0 aromatic heterocycles. The molecular weight excluding hydrogens is 306 g/mol. The highest BCUT2D eigenvalue weighted by molar-refractivity contribution is 5.90. The molecule has 5 nitrogen and oxygen atoms in total. The smallest absolute Gasteiger partial charge is 0.338 e. The van der Waals surface area contributed by atoms with Gasteiger partial charge in [0.05, 0.1) is 10.5 Å². The molecule has 0 saturated heterocycles. The van der Waals surface area contributed by atoms with Gasteiger partial charge in [0.2, 0.25) is 0 Å². The van der Waals surface area contributed by atoms with Crippen LogP contribution < -0.4 is 0 Å². The number of nitro benzene ring substituents is 1. The van der Waals surface area contributed by atoms with Crippen molar-refractivity contribution in [1.29, 1.82) is 0 Å². The van der Waals surface area contributed by atoms with E-state index in [2.05, 4.69) is 27.4 Å². The third-order valence-electron chi connectivity index (χ3n) is 5.04. The van der Waals surface area contributed by atoms with Crippen molar-refractivity contribution in [3.63, 3.8) is 0 Å². The lowest BCUT2D eigenvalue weighted by molar-refractivity contribution is -0.384. The van der Waals surface area contributed by atoms with Crippen LogP contribution in [-0.2, 0) is 4.74 Å². The number of hydrogen-bond donors (Lipinski definition) is 0. The number of nitrogens with zero attached hydrogens (tertiary/aromatic N) is 1. The molecule has 0 aliphatic heterocycles. The number of nitro groups is 1. The Morgan fingerprint density at radius 2 is 1.83 bits per heavy atom. The second kappa shape index (κ2) is 6.75. The first-order valence-corrected chi connectivity index (χ1v) is 8.28. The molecule has 0 bridgehead atoms. The maximum atomic E-state index is 12.4. The topological polar surface area (TPSA) is 69.4 Å². The molecule has 1 aromatic rings. The van der Waals surface area contributed by atoms with Crippen LogP contribution >= 0.6 is 0 Å². The van der Waals surface area contributed by atoms with Gasteiger partial charge in [-0.3, -0.25) is 10.1 Å². The van der Waals surface area contributed by atoms with Crippen LogP contribution in [0.2, 0.25) is 0 Å². The quantitative estimate of drug-likeness (QED) is 0.340. The Hall–Kier alpha value is -2.17. The van der Waals surface area contributed by atoms with Crippen LogP contribution in [0.15, 0.2) is 36.9 Å². The molecule has 0 radical (unpaired) electrons. The Bertz CT molecular complexity index is 620. The minimum atomic E-state index is -0.638. The van der Waals surface area contributed by atoms with E-state index in [-0.39, 0.29) is 11.1 Å². The molecule has 1 fully saturated rings. The van der Waals surface area contributed by atoms with Crippen molar-refractivity contribution in [1.82, 2.24) is 0 Å². The van der Waals surface area contributed by atoms with E-state index in [9.17, 15) is 14.9 Å². The van der Waals surface area contributed by atoms with E-state index in [1.807, 2.05) is 0 Å². The summed E-state index contributed by atoms with van der Waals surface area (Å²) in [7, 11) is 0. The number of benzene rings is 1. The molecule has 1 aliphatic carbocycles. The predicted octanol–water partition coefficient (Wildman–Crippen LogP) is 4.91. The maximum absolute atomic E-state index is 12.4. The van der Waals surface area contributed by atoms with E-state index in [0.29, 0.717) is 11.5 Å². The Kier molecular flexibility index (Phi) is 5.11. The second-order valence-corrected chi connectivity index (χ2v) is 7.60. The summed E-state index contributed by atoms with van der Waals surface area (Å²) < 4.78 is 5.75. The minimum absolute atomic E-state index is 0.0457. The normalized spacial score (nSPS) is 24.2. The summed E-state index contributed by atoms with van der Waals surface area (Å²) in [6.45, 7) is 10.6. The molecule has 0 heterocycles. The van der Waals surface area contributed by atoms with E-state index in [0.717, 1.165) is 25.7 Å². The fourth-order valence-corrected chi connectivity index (χ4v) is 3.28. The monoisotopic (exact) mass is 331 g/mol. The Morgan fingerprint density at radius 3 is 2.25 bits per heavy atom. The molecule has 0 unspecified atom stereocenters. The van der Waals surface area contributed by atoms with Crippen molar-refractivity contribution < 1.29 is 14.5 Å². The number of hydrogen-bond acceptors (Lipinski definition) is 4. The van der Waals surface area contributed by atoms with Crippen molar-refractivity contribution in [3.8, 4) is 0 Å². The first-order chi connectivity index (χ1) is 11.2. The average Bonchev–Trinajstić information content (AvgIpc) is 2.54. The number of carbonyl (C=O) groups excluding carboxylic acids is 1. The van der Waals surface area contributed by atoms with E-state index < -0.39 is 16.5 Å². The molecule has 130 valence electrons. The number of esters is 1. The van der Waals surface area contributed by atoms with Gasteiger partial charge in [0.25, 0.3) is 5.69 Å². The predicted molar refractivity (Wildman–Crippen MR) is 92.9 cm³/mol. The molecule has 0 N–H and O–H groups in total. The Labute approximate surface area is 142 Å². The molecule has 0 amide bonds. The van der Waals surface area contributed by atoms with Crippen molar-refractivity contribution in [2.24, 2.45) is 11.3 Å². The van der Waals surface area contributed by atoms with Crippen molar-refractivity contribution in [2.45, 2.75) is 52.1 Å². The van der Waals surface area contributed by atoms with Crippen LogP contribution in [0.4, 0.5) is 5.69 Å². The Balaban J connectivity index is 2.06. The first-order valence-electron chi connectivity index (χ1n) is 8.28. The van der Waals surface area contributed by atoms with Gasteiger partial charge in [0.15, 0.2) is 0 Å².